The molecular formula is C12H19NO4. The van der Waals surface area contributed by atoms with Crippen molar-refractivity contribution in [3.05, 3.63) is 12.7 Å². The third-order valence-corrected chi connectivity index (χ3v) is 3.02. The fourth-order valence-corrected chi connectivity index (χ4v) is 2.20. The summed E-state index contributed by atoms with van der Waals surface area (Å²) in [4.78, 5) is 24.3. The van der Waals surface area contributed by atoms with E-state index in [0.29, 0.717) is 12.8 Å². The molecule has 1 aliphatic heterocycles. The van der Waals surface area contributed by atoms with Gasteiger partial charge in [0.25, 0.3) is 0 Å². The molecule has 0 radical (unpaired) electrons. The molecule has 0 aromatic carbocycles. The first kappa shape index (κ1) is 13.5. The quantitative estimate of drug-likeness (QED) is 0.763. The highest BCUT2D eigenvalue weighted by Gasteiger charge is 2.42. The SMILES string of the molecule is C=CCOC(=O)N1[C@H](C(=O)O)CC[C@H]1C(C)C. The van der Waals surface area contributed by atoms with E-state index < -0.39 is 18.1 Å². The molecule has 0 bridgehead atoms. The zero-order chi connectivity index (χ0) is 13.0. The van der Waals surface area contributed by atoms with Crippen LogP contribution < -0.4 is 0 Å². The van der Waals surface area contributed by atoms with Crippen LogP contribution in [0.5, 0.6) is 0 Å². The minimum Gasteiger partial charge on any atom is -0.480 e. The summed E-state index contributed by atoms with van der Waals surface area (Å²) < 4.78 is 4.94. The van der Waals surface area contributed by atoms with Crippen LogP contribution in [0.2, 0.25) is 0 Å². The van der Waals surface area contributed by atoms with Crippen molar-refractivity contribution < 1.29 is 19.4 Å². The Hall–Kier alpha value is -1.52. The van der Waals surface area contributed by atoms with Gasteiger partial charge in [0.15, 0.2) is 0 Å². The molecule has 1 aliphatic rings. The van der Waals surface area contributed by atoms with E-state index >= 15 is 0 Å². The van der Waals surface area contributed by atoms with Gasteiger partial charge in [0, 0.05) is 6.04 Å². The summed E-state index contributed by atoms with van der Waals surface area (Å²) in [5.74, 6) is -0.751. The van der Waals surface area contributed by atoms with Crippen LogP contribution >= 0.6 is 0 Å². The molecule has 0 aliphatic carbocycles. The van der Waals surface area contributed by atoms with Crippen molar-refractivity contribution in [1.29, 1.82) is 0 Å². The standard InChI is InChI=1S/C12H19NO4/c1-4-7-17-12(16)13-9(8(2)3)5-6-10(13)11(14)15/h4,8-10H,1,5-7H2,2-3H3,(H,14,15)/t9-,10-/m0/s1. The van der Waals surface area contributed by atoms with Crippen LogP contribution in [-0.2, 0) is 9.53 Å². The highest BCUT2D eigenvalue weighted by atomic mass is 16.6. The zero-order valence-electron chi connectivity index (χ0n) is 10.3. The lowest BCUT2D eigenvalue weighted by molar-refractivity contribution is -0.142. The number of amides is 1. The minimum absolute atomic E-state index is 0.0617. The molecule has 0 aromatic rings. The molecule has 5 nitrogen and oxygen atoms in total. The second-order valence-electron chi connectivity index (χ2n) is 4.52. The third kappa shape index (κ3) is 2.99. The van der Waals surface area contributed by atoms with Crippen LogP contribution in [0.3, 0.4) is 0 Å². The van der Waals surface area contributed by atoms with E-state index in [1.807, 2.05) is 13.8 Å². The Bertz CT molecular complexity index is 314. The zero-order valence-corrected chi connectivity index (χ0v) is 10.3. The number of nitrogens with zero attached hydrogens (tertiary/aromatic N) is 1. The van der Waals surface area contributed by atoms with Gasteiger partial charge in [-0.3, -0.25) is 4.90 Å². The predicted molar refractivity (Wildman–Crippen MR) is 62.7 cm³/mol. The summed E-state index contributed by atoms with van der Waals surface area (Å²) in [7, 11) is 0. The lowest BCUT2D eigenvalue weighted by Crippen LogP contribution is -2.47. The summed E-state index contributed by atoms with van der Waals surface area (Å²) in [6, 6.07) is -0.826. The van der Waals surface area contributed by atoms with Crippen molar-refractivity contribution in [2.45, 2.75) is 38.8 Å². The van der Waals surface area contributed by atoms with Crippen molar-refractivity contribution in [2.75, 3.05) is 6.61 Å². The van der Waals surface area contributed by atoms with Crippen molar-refractivity contribution >= 4 is 12.1 Å². The number of carbonyl (C=O) groups is 2. The number of hydrogen-bond donors (Lipinski definition) is 1. The highest BCUT2D eigenvalue weighted by Crippen LogP contribution is 2.29. The molecular weight excluding hydrogens is 222 g/mol. The van der Waals surface area contributed by atoms with E-state index in [0.717, 1.165) is 0 Å². The molecule has 1 fully saturated rings. The Morgan fingerprint density at radius 2 is 2.18 bits per heavy atom. The molecule has 0 spiro atoms. The third-order valence-electron chi connectivity index (χ3n) is 3.02. The fourth-order valence-electron chi connectivity index (χ4n) is 2.20. The molecule has 1 heterocycles. The number of carboxylic acids is 1. The molecule has 96 valence electrons. The maximum absolute atomic E-state index is 11.8. The Balaban J connectivity index is 2.81. The monoisotopic (exact) mass is 241 g/mol. The highest BCUT2D eigenvalue weighted by molar-refractivity contribution is 5.81. The van der Waals surface area contributed by atoms with Crippen molar-refractivity contribution in [3.8, 4) is 0 Å². The van der Waals surface area contributed by atoms with E-state index in [-0.39, 0.29) is 18.6 Å². The summed E-state index contributed by atoms with van der Waals surface area (Å²) in [5, 5.41) is 9.09. The average molecular weight is 241 g/mol. The molecule has 0 unspecified atom stereocenters. The molecule has 0 saturated carbocycles. The maximum atomic E-state index is 11.8. The van der Waals surface area contributed by atoms with Crippen LogP contribution in [0.25, 0.3) is 0 Å². The van der Waals surface area contributed by atoms with Gasteiger partial charge in [-0.15, -0.1) is 0 Å². The van der Waals surface area contributed by atoms with Gasteiger partial charge in [-0.25, -0.2) is 9.59 Å². The van der Waals surface area contributed by atoms with Gasteiger partial charge >= 0.3 is 12.1 Å². The fraction of sp³-hybridized carbons (Fsp3) is 0.667. The van der Waals surface area contributed by atoms with Gasteiger partial charge in [0.2, 0.25) is 0 Å². The molecule has 17 heavy (non-hydrogen) atoms. The van der Waals surface area contributed by atoms with Crippen molar-refractivity contribution in [3.63, 3.8) is 0 Å². The Morgan fingerprint density at radius 1 is 1.53 bits per heavy atom. The molecule has 2 atom stereocenters. The first-order valence-corrected chi connectivity index (χ1v) is 5.77. The van der Waals surface area contributed by atoms with E-state index in [4.69, 9.17) is 9.84 Å². The number of hydrogen-bond acceptors (Lipinski definition) is 3. The Labute approximate surface area is 101 Å². The van der Waals surface area contributed by atoms with Crippen LogP contribution in [0.1, 0.15) is 26.7 Å². The Morgan fingerprint density at radius 3 is 2.65 bits per heavy atom. The summed E-state index contributed by atoms with van der Waals surface area (Å²) in [6.45, 7) is 7.51. The lowest BCUT2D eigenvalue weighted by Gasteiger charge is -2.29. The number of aliphatic carboxylic acids is 1. The molecule has 1 saturated heterocycles. The second-order valence-corrected chi connectivity index (χ2v) is 4.52. The summed E-state index contributed by atoms with van der Waals surface area (Å²) in [5.41, 5.74) is 0. The maximum Gasteiger partial charge on any atom is 0.411 e. The number of carboxylic acid groups (broad SMARTS) is 1. The molecule has 1 rings (SSSR count). The molecule has 0 aromatic heterocycles. The van der Waals surface area contributed by atoms with Crippen molar-refractivity contribution in [1.82, 2.24) is 4.90 Å². The topological polar surface area (TPSA) is 66.8 Å². The summed E-state index contributed by atoms with van der Waals surface area (Å²) in [6.07, 6.45) is 2.10. The molecule has 1 amide bonds. The normalized spacial score (nSPS) is 23.8. The number of rotatable bonds is 4. The predicted octanol–water partition coefficient (Wildman–Crippen LogP) is 1.88. The molecule has 5 heteroatoms. The lowest BCUT2D eigenvalue weighted by atomic mass is 10.0. The van der Waals surface area contributed by atoms with E-state index in [2.05, 4.69) is 6.58 Å². The van der Waals surface area contributed by atoms with Gasteiger partial charge in [0.1, 0.15) is 12.6 Å². The van der Waals surface area contributed by atoms with E-state index in [1.54, 1.807) is 0 Å². The van der Waals surface area contributed by atoms with Crippen LogP contribution in [0.15, 0.2) is 12.7 Å². The van der Waals surface area contributed by atoms with Crippen LogP contribution in [-0.4, -0.2) is 40.8 Å². The smallest absolute Gasteiger partial charge is 0.411 e. The van der Waals surface area contributed by atoms with Crippen LogP contribution in [0.4, 0.5) is 4.79 Å². The van der Waals surface area contributed by atoms with Gasteiger partial charge in [-0.1, -0.05) is 26.5 Å². The minimum atomic E-state index is -0.969. The van der Waals surface area contributed by atoms with Gasteiger partial charge < -0.3 is 9.84 Å². The van der Waals surface area contributed by atoms with E-state index in [1.165, 1.54) is 11.0 Å². The number of carbonyl (C=O) groups excluding carboxylic acids is 1. The first-order chi connectivity index (χ1) is 7.99. The number of ether oxygens (including phenoxy) is 1. The van der Waals surface area contributed by atoms with Gasteiger partial charge in [-0.05, 0) is 18.8 Å². The molecule has 1 N–H and O–H groups in total. The van der Waals surface area contributed by atoms with Gasteiger partial charge in [-0.2, -0.15) is 0 Å². The number of likely N-dealkylation sites (tertiary alicyclic amines) is 1. The first-order valence-electron chi connectivity index (χ1n) is 5.77. The van der Waals surface area contributed by atoms with Crippen molar-refractivity contribution in [2.24, 2.45) is 5.92 Å². The van der Waals surface area contributed by atoms with Gasteiger partial charge in [0.05, 0.1) is 0 Å². The largest absolute Gasteiger partial charge is 0.480 e. The van der Waals surface area contributed by atoms with E-state index in [9.17, 15) is 9.59 Å². The van der Waals surface area contributed by atoms with Crippen LogP contribution in [0, 0.1) is 5.92 Å². The second kappa shape index (κ2) is 5.70. The summed E-state index contributed by atoms with van der Waals surface area (Å²) >= 11 is 0. The Kier molecular flexibility index (Phi) is 4.54. The average Bonchev–Trinajstić information content (AvgIpc) is 2.70.